The molecule has 1 heterocycles. The lowest BCUT2D eigenvalue weighted by molar-refractivity contribution is -0.139. The second-order valence-corrected chi connectivity index (χ2v) is 3.63. The first kappa shape index (κ1) is 10.8. The summed E-state index contributed by atoms with van der Waals surface area (Å²) in [5.74, 6) is 0.582. The van der Waals surface area contributed by atoms with Crippen LogP contribution in [-0.2, 0) is 11.3 Å². The Morgan fingerprint density at radius 1 is 1.50 bits per heavy atom. The standard InChI is InChI=1S/C11H13NO4/c1-7(11(13)14)12-5-8-2-3-9-10(4-8)16-6-15-9/h2-4,7,12H,5-6H2,1H3,(H,13,14)/t7-/m1/s1. The van der Waals surface area contributed by atoms with Crippen molar-refractivity contribution in [3.8, 4) is 11.5 Å². The van der Waals surface area contributed by atoms with E-state index in [2.05, 4.69) is 5.32 Å². The monoisotopic (exact) mass is 223 g/mol. The molecule has 0 spiro atoms. The minimum atomic E-state index is -0.860. The number of carboxylic acids is 1. The quantitative estimate of drug-likeness (QED) is 0.796. The molecule has 2 N–H and O–H groups in total. The summed E-state index contributed by atoms with van der Waals surface area (Å²) in [4.78, 5) is 10.6. The van der Waals surface area contributed by atoms with Crippen LogP contribution < -0.4 is 14.8 Å². The van der Waals surface area contributed by atoms with Crippen molar-refractivity contribution in [3.63, 3.8) is 0 Å². The molecule has 1 aliphatic heterocycles. The predicted octanol–water partition coefficient (Wildman–Crippen LogP) is 0.978. The number of fused-ring (bicyclic) bond motifs is 1. The molecule has 1 aromatic rings. The Hall–Kier alpha value is -1.75. The Bertz CT molecular complexity index is 405. The van der Waals surface area contributed by atoms with Crippen molar-refractivity contribution >= 4 is 5.97 Å². The molecule has 0 aliphatic carbocycles. The van der Waals surface area contributed by atoms with Gasteiger partial charge in [0.1, 0.15) is 6.04 Å². The molecule has 5 heteroatoms. The van der Waals surface area contributed by atoms with Gasteiger partial charge in [0, 0.05) is 6.54 Å². The van der Waals surface area contributed by atoms with E-state index < -0.39 is 12.0 Å². The molecule has 1 aliphatic rings. The Kier molecular flexibility index (Phi) is 2.96. The number of nitrogens with one attached hydrogen (secondary N) is 1. The minimum Gasteiger partial charge on any atom is -0.480 e. The topological polar surface area (TPSA) is 67.8 Å². The maximum Gasteiger partial charge on any atom is 0.320 e. The number of rotatable bonds is 4. The van der Waals surface area contributed by atoms with E-state index in [1.165, 1.54) is 0 Å². The van der Waals surface area contributed by atoms with Crippen LogP contribution in [0.1, 0.15) is 12.5 Å². The van der Waals surface area contributed by atoms with Crippen LogP contribution in [0.3, 0.4) is 0 Å². The Labute approximate surface area is 93.0 Å². The van der Waals surface area contributed by atoms with Gasteiger partial charge in [-0.3, -0.25) is 4.79 Å². The van der Waals surface area contributed by atoms with Crippen molar-refractivity contribution in [1.82, 2.24) is 5.32 Å². The van der Waals surface area contributed by atoms with E-state index in [1.54, 1.807) is 6.92 Å². The van der Waals surface area contributed by atoms with Crippen molar-refractivity contribution in [2.45, 2.75) is 19.5 Å². The van der Waals surface area contributed by atoms with Crippen molar-refractivity contribution in [2.24, 2.45) is 0 Å². The van der Waals surface area contributed by atoms with Gasteiger partial charge in [0.05, 0.1) is 0 Å². The number of ether oxygens (including phenoxy) is 2. The lowest BCUT2D eigenvalue weighted by Gasteiger charge is -2.09. The number of benzene rings is 1. The van der Waals surface area contributed by atoms with Crippen LogP contribution in [0, 0.1) is 0 Å². The first-order valence-corrected chi connectivity index (χ1v) is 5.01. The van der Waals surface area contributed by atoms with Gasteiger partial charge in [0.2, 0.25) is 6.79 Å². The van der Waals surface area contributed by atoms with Crippen LogP contribution in [0.5, 0.6) is 11.5 Å². The zero-order valence-corrected chi connectivity index (χ0v) is 8.90. The highest BCUT2D eigenvalue weighted by atomic mass is 16.7. The van der Waals surface area contributed by atoms with E-state index >= 15 is 0 Å². The zero-order valence-electron chi connectivity index (χ0n) is 8.90. The molecule has 0 aromatic heterocycles. The third kappa shape index (κ3) is 2.25. The van der Waals surface area contributed by atoms with Gasteiger partial charge < -0.3 is 19.9 Å². The molecule has 86 valence electrons. The molecule has 5 nitrogen and oxygen atoms in total. The minimum absolute atomic E-state index is 0.248. The average molecular weight is 223 g/mol. The van der Waals surface area contributed by atoms with Crippen molar-refractivity contribution in [3.05, 3.63) is 23.8 Å². The van der Waals surface area contributed by atoms with Gasteiger partial charge in [-0.1, -0.05) is 6.07 Å². The third-order valence-electron chi connectivity index (χ3n) is 2.42. The molecule has 0 radical (unpaired) electrons. The molecule has 0 saturated heterocycles. The van der Waals surface area contributed by atoms with Crippen LogP contribution in [0.15, 0.2) is 18.2 Å². The first-order valence-electron chi connectivity index (χ1n) is 5.01. The van der Waals surface area contributed by atoms with Gasteiger partial charge in [-0.15, -0.1) is 0 Å². The molecule has 0 amide bonds. The van der Waals surface area contributed by atoms with E-state index in [4.69, 9.17) is 14.6 Å². The summed E-state index contributed by atoms with van der Waals surface area (Å²) in [6.45, 7) is 2.34. The average Bonchev–Trinajstić information content (AvgIpc) is 2.72. The van der Waals surface area contributed by atoms with Gasteiger partial charge in [-0.25, -0.2) is 0 Å². The Balaban J connectivity index is 1.98. The molecule has 2 rings (SSSR count). The number of carboxylic acid groups (broad SMARTS) is 1. The number of carbonyl (C=O) groups is 1. The van der Waals surface area contributed by atoms with E-state index in [0.29, 0.717) is 12.3 Å². The Morgan fingerprint density at radius 3 is 3.00 bits per heavy atom. The highest BCUT2D eigenvalue weighted by Crippen LogP contribution is 2.32. The lowest BCUT2D eigenvalue weighted by atomic mass is 10.2. The highest BCUT2D eigenvalue weighted by Gasteiger charge is 2.14. The fourth-order valence-electron chi connectivity index (χ4n) is 1.41. The van der Waals surface area contributed by atoms with Crippen molar-refractivity contribution in [2.75, 3.05) is 6.79 Å². The molecule has 0 bridgehead atoms. The number of hydrogen-bond acceptors (Lipinski definition) is 4. The summed E-state index contributed by atoms with van der Waals surface area (Å²) in [5, 5.41) is 11.6. The van der Waals surface area contributed by atoms with E-state index in [0.717, 1.165) is 11.3 Å². The Morgan fingerprint density at radius 2 is 2.25 bits per heavy atom. The zero-order chi connectivity index (χ0) is 11.5. The van der Waals surface area contributed by atoms with Crippen LogP contribution in [0.25, 0.3) is 0 Å². The molecule has 0 unspecified atom stereocenters. The highest BCUT2D eigenvalue weighted by molar-refractivity contribution is 5.72. The normalized spacial score (nSPS) is 14.8. The van der Waals surface area contributed by atoms with Gasteiger partial charge in [-0.2, -0.15) is 0 Å². The smallest absolute Gasteiger partial charge is 0.320 e. The van der Waals surface area contributed by atoms with Gasteiger partial charge >= 0.3 is 5.97 Å². The molecule has 0 fully saturated rings. The van der Waals surface area contributed by atoms with Crippen molar-refractivity contribution < 1.29 is 19.4 Å². The summed E-state index contributed by atoms with van der Waals surface area (Å²) in [5.41, 5.74) is 0.970. The second-order valence-electron chi connectivity index (χ2n) is 3.63. The number of aliphatic carboxylic acids is 1. The maximum atomic E-state index is 10.6. The predicted molar refractivity (Wildman–Crippen MR) is 56.5 cm³/mol. The molecule has 16 heavy (non-hydrogen) atoms. The molecular formula is C11H13NO4. The van der Waals surface area contributed by atoms with Gasteiger partial charge in [-0.05, 0) is 24.6 Å². The van der Waals surface area contributed by atoms with Crippen LogP contribution >= 0.6 is 0 Å². The fraction of sp³-hybridized carbons (Fsp3) is 0.364. The van der Waals surface area contributed by atoms with Gasteiger partial charge in [0.15, 0.2) is 11.5 Å². The summed E-state index contributed by atoms with van der Waals surface area (Å²) >= 11 is 0. The lowest BCUT2D eigenvalue weighted by Crippen LogP contribution is -2.33. The largest absolute Gasteiger partial charge is 0.480 e. The molecule has 1 atom stereocenters. The van der Waals surface area contributed by atoms with Crippen LogP contribution in [-0.4, -0.2) is 23.9 Å². The second kappa shape index (κ2) is 4.40. The van der Waals surface area contributed by atoms with Gasteiger partial charge in [0.25, 0.3) is 0 Å². The van der Waals surface area contributed by atoms with E-state index in [-0.39, 0.29) is 6.79 Å². The van der Waals surface area contributed by atoms with E-state index in [1.807, 2.05) is 18.2 Å². The SMILES string of the molecule is C[C@@H](NCc1ccc2c(c1)OCO2)C(=O)O. The molecular weight excluding hydrogens is 210 g/mol. The fourth-order valence-corrected chi connectivity index (χ4v) is 1.41. The summed E-state index contributed by atoms with van der Waals surface area (Å²) < 4.78 is 10.4. The number of hydrogen-bond donors (Lipinski definition) is 2. The summed E-state index contributed by atoms with van der Waals surface area (Å²) in [6, 6.07) is 4.99. The molecule has 1 aromatic carbocycles. The van der Waals surface area contributed by atoms with Crippen LogP contribution in [0.2, 0.25) is 0 Å². The third-order valence-corrected chi connectivity index (χ3v) is 2.42. The summed E-state index contributed by atoms with van der Waals surface area (Å²) in [6.07, 6.45) is 0. The maximum absolute atomic E-state index is 10.6. The van der Waals surface area contributed by atoms with E-state index in [9.17, 15) is 4.79 Å². The van der Waals surface area contributed by atoms with Crippen LogP contribution in [0.4, 0.5) is 0 Å². The summed E-state index contributed by atoms with van der Waals surface area (Å²) in [7, 11) is 0. The molecule has 0 saturated carbocycles. The first-order chi connectivity index (χ1) is 7.66. The van der Waals surface area contributed by atoms with Crippen molar-refractivity contribution in [1.29, 1.82) is 0 Å².